The van der Waals surface area contributed by atoms with Crippen LogP contribution in [-0.4, -0.2) is 36.0 Å². The van der Waals surface area contributed by atoms with E-state index in [1.165, 1.54) is 11.1 Å². The summed E-state index contributed by atoms with van der Waals surface area (Å²) in [6.07, 6.45) is 1.78. The van der Waals surface area contributed by atoms with Crippen LogP contribution >= 0.6 is 0 Å². The Labute approximate surface area is 239 Å². The molecule has 0 aliphatic carbocycles. The highest BCUT2D eigenvalue weighted by Crippen LogP contribution is 2.45. The number of ether oxygens (including phenoxy) is 1. The summed E-state index contributed by atoms with van der Waals surface area (Å²) >= 11 is 0. The lowest BCUT2D eigenvalue weighted by Gasteiger charge is -2.29. The van der Waals surface area contributed by atoms with Gasteiger partial charge in [-0.05, 0) is 72.7 Å². The summed E-state index contributed by atoms with van der Waals surface area (Å²) in [6, 6.07) is 24.1. The number of nitrogens with one attached hydrogen (secondary N) is 1. The Morgan fingerprint density at radius 3 is 2.25 bits per heavy atom. The molecule has 1 aliphatic heterocycles. The zero-order valence-electron chi connectivity index (χ0n) is 24.5. The van der Waals surface area contributed by atoms with Gasteiger partial charge in [-0.3, -0.25) is 10.1 Å². The highest BCUT2D eigenvalue weighted by Gasteiger charge is 2.38. The van der Waals surface area contributed by atoms with Gasteiger partial charge in [0.25, 0.3) is 0 Å². The van der Waals surface area contributed by atoms with Gasteiger partial charge in [0.1, 0.15) is 5.75 Å². The van der Waals surface area contributed by atoms with Crippen molar-refractivity contribution in [3.63, 3.8) is 0 Å². The third-order valence-electron chi connectivity index (χ3n) is 7.75. The van der Waals surface area contributed by atoms with E-state index in [0.717, 1.165) is 43.7 Å². The van der Waals surface area contributed by atoms with Gasteiger partial charge in [-0.1, -0.05) is 70.2 Å². The number of rotatable bonds is 11. The van der Waals surface area contributed by atoms with Crippen LogP contribution in [0.3, 0.4) is 0 Å². The van der Waals surface area contributed by atoms with Gasteiger partial charge in [0.2, 0.25) is 5.91 Å². The number of carbonyl (C=O) groups excluding carboxylic acids is 2. The number of hydrogen-bond donors (Lipinski definition) is 1. The average Bonchev–Trinajstić information content (AvgIpc) is 3.19. The number of benzene rings is 3. The molecule has 4 rings (SSSR count). The molecular formula is C34H43N3O3. The fourth-order valence-electron chi connectivity index (χ4n) is 5.56. The van der Waals surface area contributed by atoms with Gasteiger partial charge in [0, 0.05) is 49.4 Å². The van der Waals surface area contributed by atoms with E-state index in [-0.39, 0.29) is 17.9 Å². The minimum atomic E-state index is -0.533. The summed E-state index contributed by atoms with van der Waals surface area (Å²) in [5.74, 6) is 1.08. The van der Waals surface area contributed by atoms with Gasteiger partial charge < -0.3 is 14.5 Å². The zero-order chi connectivity index (χ0) is 28.6. The van der Waals surface area contributed by atoms with Gasteiger partial charge in [-0.15, -0.1) is 0 Å². The van der Waals surface area contributed by atoms with Gasteiger partial charge in [-0.2, -0.15) is 0 Å². The minimum Gasteiger partial charge on any atom is -0.410 e. The Bertz CT molecular complexity index is 1270. The summed E-state index contributed by atoms with van der Waals surface area (Å²) in [4.78, 5) is 30.6. The minimum absolute atomic E-state index is 0.00221. The van der Waals surface area contributed by atoms with Crippen molar-refractivity contribution in [3.8, 4) is 5.75 Å². The van der Waals surface area contributed by atoms with Crippen LogP contribution in [0.25, 0.3) is 0 Å². The van der Waals surface area contributed by atoms with Crippen molar-refractivity contribution in [1.29, 1.82) is 0 Å². The van der Waals surface area contributed by atoms with Crippen molar-refractivity contribution in [2.45, 2.75) is 78.3 Å². The van der Waals surface area contributed by atoms with Gasteiger partial charge in [0.15, 0.2) is 0 Å². The van der Waals surface area contributed by atoms with Crippen LogP contribution in [0, 0.1) is 0 Å². The summed E-state index contributed by atoms with van der Waals surface area (Å²) in [5, 5.41) is 2.83. The van der Waals surface area contributed by atoms with E-state index in [9.17, 15) is 9.59 Å². The van der Waals surface area contributed by atoms with Crippen LogP contribution in [-0.2, 0) is 11.3 Å². The first kappa shape index (κ1) is 29.2. The molecule has 1 aliphatic rings. The van der Waals surface area contributed by atoms with Crippen LogP contribution in [0.5, 0.6) is 5.75 Å². The molecular weight excluding hydrogens is 498 g/mol. The van der Waals surface area contributed by atoms with Crippen LogP contribution in [0.2, 0.25) is 0 Å². The standard InChI is InChI=1S/C34H43N3O3/c1-6-19-36(20-7-2)33(38)22-30-25(5)37(23-26-11-9-8-10-12-26)32-18-17-29(21-31(30)32)40-34(39)35-28-15-13-27(14-16-28)24(3)4/h8-18,21,24-25,30H,6-7,19-20,22-23H2,1-5H3,(H,35,39). The molecule has 212 valence electrons. The van der Waals surface area contributed by atoms with Crippen LogP contribution in [0.1, 0.15) is 82.4 Å². The molecule has 0 radical (unpaired) electrons. The zero-order valence-corrected chi connectivity index (χ0v) is 24.5. The van der Waals surface area contributed by atoms with Crippen molar-refractivity contribution in [1.82, 2.24) is 4.90 Å². The smallest absolute Gasteiger partial charge is 0.410 e. The number of fused-ring (bicyclic) bond motifs is 1. The van der Waals surface area contributed by atoms with Crippen LogP contribution < -0.4 is 15.0 Å². The summed E-state index contributed by atoms with van der Waals surface area (Å²) < 4.78 is 5.72. The Morgan fingerprint density at radius 2 is 1.62 bits per heavy atom. The van der Waals surface area contributed by atoms with Crippen molar-refractivity contribution >= 4 is 23.4 Å². The third-order valence-corrected chi connectivity index (χ3v) is 7.75. The first-order valence-electron chi connectivity index (χ1n) is 14.6. The molecule has 3 aromatic rings. The second-order valence-electron chi connectivity index (χ2n) is 11.1. The van der Waals surface area contributed by atoms with Crippen molar-refractivity contribution in [3.05, 3.63) is 89.5 Å². The van der Waals surface area contributed by atoms with E-state index in [1.807, 2.05) is 53.4 Å². The Kier molecular flexibility index (Phi) is 9.86. The molecule has 2 atom stereocenters. The topological polar surface area (TPSA) is 61.9 Å². The Balaban J connectivity index is 1.56. The lowest BCUT2D eigenvalue weighted by atomic mass is 9.91. The summed E-state index contributed by atoms with van der Waals surface area (Å²) in [5.41, 5.74) is 5.26. The first-order valence-corrected chi connectivity index (χ1v) is 14.6. The third kappa shape index (κ3) is 7.04. The fourth-order valence-corrected chi connectivity index (χ4v) is 5.56. The number of anilines is 2. The monoisotopic (exact) mass is 541 g/mol. The van der Waals surface area contributed by atoms with Crippen molar-refractivity contribution in [2.75, 3.05) is 23.3 Å². The molecule has 0 fully saturated rings. The second kappa shape index (κ2) is 13.5. The molecule has 0 saturated heterocycles. The molecule has 0 saturated carbocycles. The molecule has 6 heteroatoms. The first-order chi connectivity index (χ1) is 19.3. The van der Waals surface area contributed by atoms with E-state index in [2.05, 4.69) is 69.1 Å². The lowest BCUT2D eigenvalue weighted by molar-refractivity contribution is -0.131. The molecule has 2 unspecified atom stereocenters. The predicted octanol–water partition coefficient (Wildman–Crippen LogP) is 7.95. The van der Waals surface area contributed by atoms with E-state index in [4.69, 9.17) is 4.74 Å². The number of nitrogens with zero attached hydrogens (tertiary/aromatic N) is 2. The maximum Gasteiger partial charge on any atom is 0.417 e. The molecule has 1 N–H and O–H groups in total. The molecule has 1 heterocycles. The highest BCUT2D eigenvalue weighted by atomic mass is 16.6. The number of amides is 2. The maximum absolute atomic E-state index is 13.4. The van der Waals surface area contributed by atoms with Gasteiger partial charge in [0.05, 0.1) is 0 Å². The average molecular weight is 542 g/mol. The number of carbonyl (C=O) groups is 2. The van der Waals surface area contributed by atoms with Crippen LogP contribution in [0.15, 0.2) is 72.8 Å². The van der Waals surface area contributed by atoms with Crippen molar-refractivity contribution in [2.24, 2.45) is 0 Å². The second-order valence-corrected chi connectivity index (χ2v) is 11.1. The van der Waals surface area contributed by atoms with Gasteiger partial charge >= 0.3 is 6.09 Å². The van der Waals surface area contributed by atoms with E-state index in [0.29, 0.717) is 23.8 Å². The SMILES string of the molecule is CCCN(CCC)C(=O)CC1c2cc(OC(=O)Nc3ccc(C(C)C)cc3)ccc2N(Cc2ccccc2)C1C. The molecule has 0 spiro atoms. The molecule has 2 amide bonds. The van der Waals surface area contributed by atoms with Gasteiger partial charge in [-0.25, -0.2) is 4.79 Å². The quantitative estimate of drug-likeness (QED) is 0.268. The van der Waals surface area contributed by atoms with E-state index in [1.54, 1.807) is 0 Å². The molecule has 40 heavy (non-hydrogen) atoms. The fraction of sp³-hybridized carbons (Fsp3) is 0.412. The Morgan fingerprint density at radius 1 is 0.950 bits per heavy atom. The van der Waals surface area contributed by atoms with Crippen LogP contribution in [0.4, 0.5) is 16.2 Å². The van der Waals surface area contributed by atoms with E-state index < -0.39 is 6.09 Å². The van der Waals surface area contributed by atoms with E-state index >= 15 is 0 Å². The summed E-state index contributed by atoms with van der Waals surface area (Å²) in [6.45, 7) is 13.0. The van der Waals surface area contributed by atoms with Crippen molar-refractivity contribution < 1.29 is 14.3 Å². The largest absolute Gasteiger partial charge is 0.417 e. The number of hydrogen-bond acceptors (Lipinski definition) is 4. The molecule has 0 aromatic heterocycles. The molecule has 6 nitrogen and oxygen atoms in total. The lowest BCUT2D eigenvalue weighted by Crippen LogP contribution is -2.36. The Hall–Kier alpha value is -3.80. The molecule has 0 bridgehead atoms. The maximum atomic E-state index is 13.4. The molecule has 3 aromatic carbocycles. The summed E-state index contributed by atoms with van der Waals surface area (Å²) in [7, 11) is 0. The highest BCUT2D eigenvalue weighted by molar-refractivity contribution is 5.86. The normalized spacial score (nSPS) is 16.1. The predicted molar refractivity (Wildman–Crippen MR) is 163 cm³/mol.